The van der Waals surface area contributed by atoms with Crippen molar-refractivity contribution in [1.82, 2.24) is 0 Å². The Balaban J connectivity index is 2.56. The van der Waals surface area contributed by atoms with Gasteiger partial charge in [0.15, 0.2) is 0 Å². The van der Waals surface area contributed by atoms with Crippen LogP contribution >= 0.6 is 7.60 Å². The maximum atomic E-state index is 11.3. The Morgan fingerprint density at radius 2 is 2.00 bits per heavy atom. The highest BCUT2D eigenvalue weighted by molar-refractivity contribution is 7.69. The second-order valence-electron chi connectivity index (χ2n) is 3.75. The van der Waals surface area contributed by atoms with Gasteiger partial charge in [0.25, 0.3) is 0 Å². The Labute approximate surface area is 78.1 Å². The molecule has 0 N–H and O–H groups in total. The number of carbonyl (C=O) groups excluding carboxylic acids is 1. The van der Waals surface area contributed by atoms with Crippen molar-refractivity contribution >= 4 is 13.6 Å². The molecule has 5 heteroatoms. The molecular weight excluding hydrogens is 191 g/mol. The van der Waals surface area contributed by atoms with Crippen LogP contribution in [0.5, 0.6) is 0 Å². The van der Waals surface area contributed by atoms with Gasteiger partial charge in [0.05, 0.1) is 13.2 Å². The smallest absolute Gasteiger partial charge is 0.303 e. The van der Waals surface area contributed by atoms with E-state index in [1.165, 1.54) is 0 Å². The highest BCUT2D eigenvalue weighted by Crippen LogP contribution is 2.51. The second-order valence-corrected chi connectivity index (χ2v) is 5.56. The quantitative estimate of drug-likeness (QED) is 0.524. The molecule has 0 aromatic heterocycles. The minimum Gasteiger partial charge on any atom is -0.303 e. The van der Waals surface area contributed by atoms with Gasteiger partial charge in [-0.3, -0.25) is 9.36 Å². The molecule has 0 atom stereocenters. The Kier molecular flexibility index (Phi) is 3.28. The first-order valence-electron chi connectivity index (χ1n) is 4.39. The molecule has 0 aromatic carbocycles. The SMILES string of the molecule is CCCC1(C)COP(=O)(C=O)OC1. The molecule has 0 aliphatic carbocycles. The minimum absolute atomic E-state index is 0.0916. The lowest BCUT2D eigenvalue weighted by Crippen LogP contribution is -2.32. The lowest BCUT2D eigenvalue weighted by atomic mass is 9.88. The van der Waals surface area contributed by atoms with E-state index in [4.69, 9.17) is 9.05 Å². The molecule has 1 aliphatic heterocycles. The molecule has 0 bridgehead atoms. The van der Waals surface area contributed by atoms with Crippen LogP contribution in [0, 0.1) is 5.41 Å². The van der Waals surface area contributed by atoms with E-state index in [2.05, 4.69) is 6.92 Å². The third-order valence-electron chi connectivity index (χ3n) is 2.17. The van der Waals surface area contributed by atoms with E-state index >= 15 is 0 Å². The van der Waals surface area contributed by atoms with E-state index in [0.717, 1.165) is 12.8 Å². The number of rotatable bonds is 3. The lowest BCUT2D eigenvalue weighted by Gasteiger charge is -2.34. The number of hydrogen-bond acceptors (Lipinski definition) is 4. The fraction of sp³-hybridized carbons (Fsp3) is 0.875. The van der Waals surface area contributed by atoms with Crippen molar-refractivity contribution in [1.29, 1.82) is 0 Å². The van der Waals surface area contributed by atoms with E-state index in [1.807, 2.05) is 6.92 Å². The molecule has 0 amide bonds. The van der Waals surface area contributed by atoms with E-state index in [1.54, 1.807) is 0 Å². The minimum atomic E-state index is -3.38. The molecule has 0 saturated carbocycles. The van der Waals surface area contributed by atoms with Crippen molar-refractivity contribution in [3.8, 4) is 0 Å². The molecule has 1 rings (SSSR count). The summed E-state index contributed by atoms with van der Waals surface area (Å²) in [5.74, 6) is 0. The lowest BCUT2D eigenvalue weighted by molar-refractivity contribution is 0.0286. The average Bonchev–Trinajstić information content (AvgIpc) is 2.12. The van der Waals surface area contributed by atoms with Gasteiger partial charge in [-0.15, -0.1) is 0 Å². The van der Waals surface area contributed by atoms with Gasteiger partial charge in [0.1, 0.15) is 0 Å². The topological polar surface area (TPSA) is 52.6 Å². The molecule has 1 aliphatic rings. The maximum absolute atomic E-state index is 11.3. The zero-order valence-electron chi connectivity index (χ0n) is 7.99. The van der Waals surface area contributed by atoms with Crippen molar-refractivity contribution in [2.24, 2.45) is 5.41 Å². The van der Waals surface area contributed by atoms with Crippen LogP contribution in [0.4, 0.5) is 0 Å². The van der Waals surface area contributed by atoms with Gasteiger partial charge in [-0.05, 0) is 6.42 Å². The van der Waals surface area contributed by atoms with E-state index in [9.17, 15) is 9.36 Å². The van der Waals surface area contributed by atoms with Crippen LogP contribution in [0.15, 0.2) is 0 Å². The zero-order valence-corrected chi connectivity index (χ0v) is 8.88. The summed E-state index contributed by atoms with van der Waals surface area (Å²) in [5, 5.41) is 0. The average molecular weight is 206 g/mol. The Morgan fingerprint density at radius 3 is 2.38 bits per heavy atom. The Bertz CT molecular complexity index is 226. The van der Waals surface area contributed by atoms with Crippen LogP contribution in [0.3, 0.4) is 0 Å². The third-order valence-corrected chi connectivity index (χ3v) is 3.40. The van der Waals surface area contributed by atoms with E-state index in [-0.39, 0.29) is 11.4 Å². The predicted molar refractivity (Wildman–Crippen MR) is 49.3 cm³/mol. The van der Waals surface area contributed by atoms with Gasteiger partial charge in [-0.25, -0.2) is 0 Å². The molecule has 0 unspecified atom stereocenters. The van der Waals surface area contributed by atoms with Crippen LogP contribution in [0.2, 0.25) is 0 Å². The fourth-order valence-electron chi connectivity index (χ4n) is 1.38. The summed E-state index contributed by atoms with van der Waals surface area (Å²) in [6, 6.07) is 0.276. The fourth-order valence-corrected chi connectivity index (χ4v) is 2.56. The van der Waals surface area contributed by atoms with Crippen LogP contribution in [-0.4, -0.2) is 19.2 Å². The third kappa shape index (κ3) is 2.63. The second kappa shape index (κ2) is 3.91. The summed E-state index contributed by atoms with van der Waals surface area (Å²) in [7, 11) is -3.38. The van der Waals surface area contributed by atoms with Gasteiger partial charge < -0.3 is 9.05 Å². The van der Waals surface area contributed by atoms with E-state index < -0.39 is 7.60 Å². The molecule has 0 radical (unpaired) electrons. The molecule has 0 spiro atoms. The summed E-state index contributed by atoms with van der Waals surface area (Å²) >= 11 is 0. The van der Waals surface area contributed by atoms with Crippen molar-refractivity contribution in [2.45, 2.75) is 26.7 Å². The van der Waals surface area contributed by atoms with Crippen LogP contribution in [0.1, 0.15) is 26.7 Å². The van der Waals surface area contributed by atoms with Crippen LogP contribution in [0.25, 0.3) is 0 Å². The van der Waals surface area contributed by atoms with Crippen molar-refractivity contribution < 1.29 is 18.4 Å². The highest BCUT2D eigenvalue weighted by Gasteiger charge is 2.38. The molecule has 13 heavy (non-hydrogen) atoms. The van der Waals surface area contributed by atoms with E-state index in [0.29, 0.717) is 13.2 Å². The molecule has 4 nitrogen and oxygen atoms in total. The first-order valence-corrected chi connectivity index (χ1v) is 6.00. The number of carbonyl (C=O) groups is 1. The largest absolute Gasteiger partial charge is 0.393 e. The standard InChI is InChI=1S/C8H15O4P/c1-3-4-8(2)5-11-13(10,7-9)12-6-8/h7H,3-6H2,1-2H3. The predicted octanol–water partition coefficient (Wildman–Crippen LogP) is 2.22. The van der Waals surface area contributed by atoms with Crippen LogP contribution in [-0.2, 0) is 18.4 Å². The molecular formula is C8H15O4P. The molecule has 1 fully saturated rings. The maximum Gasteiger partial charge on any atom is 0.393 e. The van der Waals surface area contributed by atoms with Gasteiger partial charge in [-0.1, -0.05) is 20.3 Å². The summed E-state index contributed by atoms with van der Waals surface area (Å²) in [6.45, 7) is 4.76. The van der Waals surface area contributed by atoms with Gasteiger partial charge in [0.2, 0.25) is 6.03 Å². The molecule has 76 valence electrons. The summed E-state index contributed by atoms with van der Waals surface area (Å²) in [6.07, 6.45) is 1.97. The summed E-state index contributed by atoms with van der Waals surface area (Å²) in [5.41, 5.74) is -0.0916. The monoisotopic (exact) mass is 206 g/mol. The summed E-state index contributed by atoms with van der Waals surface area (Å²) in [4.78, 5) is 10.3. The van der Waals surface area contributed by atoms with Crippen molar-refractivity contribution in [3.63, 3.8) is 0 Å². The summed E-state index contributed by atoms with van der Waals surface area (Å²) < 4.78 is 21.2. The number of hydrogen-bond donors (Lipinski definition) is 0. The molecule has 1 saturated heterocycles. The first-order chi connectivity index (χ1) is 6.04. The van der Waals surface area contributed by atoms with Crippen molar-refractivity contribution in [3.05, 3.63) is 0 Å². The van der Waals surface area contributed by atoms with Gasteiger partial charge >= 0.3 is 7.60 Å². The van der Waals surface area contributed by atoms with Gasteiger partial charge in [0, 0.05) is 5.41 Å². The highest BCUT2D eigenvalue weighted by atomic mass is 31.2. The normalized spacial score (nSPS) is 40.2. The van der Waals surface area contributed by atoms with Crippen LogP contribution < -0.4 is 0 Å². The Morgan fingerprint density at radius 1 is 1.46 bits per heavy atom. The molecule has 0 aromatic rings. The Hall–Kier alpha value is -0.180. The zero-order chi connectivity index (χ0) is 9.95. The molecule has 1 heterocycles. The first kappa shape index (κ1) is 10.9. The van der Waals surface area contributed by atoms with Crippen molar-refractivity contribution in [2.75, 3.05) is 13.2 Å². The van der Waals surface area contributed by atoms with Gasteiger partial charge in [-0.2, -0.15) is 0 Å².